The lowest BCUT2D eigenvalue weighted by Crippen LogP contribution is -2.32. The van der Waals surface area contributed by atoms with Gasteiger partial charge in [0.05, 0.1) is 18.2 Å². The van der Waals surface area contributed by atoms with E-state index in [1.165, 1.54) is 29.2 Å². The van der Waals surface area contributed by atoms with Gasteiger partial charge in [0.2, 0.25) is 0 Å². The minimum absolute atomic E-state index is 0.0796. The molecule has 134 valence electrons. The maximum atomic E-state index is 13.3. The summed E-state index contributed by atoms with van der Waals surface area (Å²) in [5.41, 5.74) is 0.761. The second-order valence-corrected chi connectivity index (χ2v) is 6.69. The van der Waals surface area contributed by atoms with Gasteiger partial charge in [0.15, 0.2) is 0 Å². The number of benzene rings is 2. The van der Waals surface area contributed by atoms with Gasteiger partial charge >= 0.3 is 0 Å². The Kier molecular flexibility index (Phi) is 5.20. The molecule has 26 heavy (non-hydrogen) atoms. The molecule has 1 amide bonds. The fraction of sp³-hybridized carbons (Fsp3) is 0.158. The summed E-state index contributed by atoms with van der Waals surface area (Å²) in [4.78, 5) is 26.1. The number of ketones is 1. The Balaban J connectivity index is 2.17. The molecular formula is C19H15BrFNO4. The van der Waals surface area contributed by atoms with Gasteiger partial charge in [0, 0.05) is 16.6 Å². The van der Waals surface area contributed by atoms with Crippen molar-refractivity contribution in [2.24, 2.45) is 0 Å². The van der Waals surface area contributed by atoms with Crippen LogP contribution in [0.15, 0.2) is 58.6 Å². The third-order valence-electron chi connectivity index (χ3n) is 4.18. The van der Waals surface area contributed by atoms with Crippen LogP contribution in [-0.2, 0) is 9.59 Å². The van der Waals surface area contributed by atoms with Crippen LogP contribution in [0.5, 0.6) is 0 Å². The van der Waals surface area contributed by atoms with Crippen molar-refractivity contribution in [1.82, 2.24) is 4.90 Å². The first kappa shape index (κ1) is 18.3. The summed E-state index contributed by atoms with van der Waals surface area (Å²) in [6, 6.07) is 11.1. The zero-order chi connectivity index (χ0) is 18.8. The molecule has 0 saturated carbocycles. The van der Waals surface area contributed by atoms with Crippen molar-refractivity contribution in [3.63, 3.8) is 0 Å². The Morgan fingerprint density at radius 3 is 2.27 bits per heavy atom. The van der Waals surface area contributed by atoms with Crippen LogP contribution in [-0.4, -0.2) is 40.0 Å². The molecule has 1 atom stereocenters. The normalized spacial score (nSPS) is 19.2. The smallest absolute Gasteiger partial charge is 0.295 e. The summed E-state index contributed by atoms with van der Waals surface area (Å²) in [7, 11) is 0. The fourth-order valence-electron chi connectivity index (χ4n) is 2.97. The number of carbonyl (C=O) groups is 2. The summed E-state index contributed by atoms with van der Waals surface area (Å²) >= 11 is 3.29. The van der Waals surface area contributed by atoms with E-state index in [1.54, 1.807) is 24.3 Å². The zero-order valence-electron chi connectivity index (χ0n) is 13.5. The lowest BCUT2D eigenvalue weighted by molar-refractivity contribution is -0.140. The van der Waals surface area contributed by atoms with Crippen LogP contribution in [0.2, 0.25) is 0 Å². The van der Waals surface area contributed by atoms with Crippen molar-refractivity contribution in [2.75, 3.05) is 13.2 Å². The molecule has 0 aromatic heterocycles. The van der Waals surface area contributed by atoms with Crippen LogP contribution in [0.3, 0.4) is 0 Å². The Labute approximate surface area is 157 Å². The molecule has 1 fully saturated rings. The van der Waals surface area contributed by atoms with Crippen molar-refractivity contribution in [3.05, 3.63) is 75.5 Å². The number of aliphatic hydroxyl groups is 2. The second-order valence-electron chi connectivity index (χ2n) is 5.77. The van der Waals surface area contributed by atoms with E-state index in [0.717, 1.165) is 4.47 Å². The Hall–Kier alpha value is -2.51. The molecule has 0 radical (unpaired) electrons. The highest BCUT2D eigenvalue weighted by Gasteiger charge is 2.45. The topological polar surface area (TPSA) is 77.8 Å². The highest BCUT2D eigenvalue weighted by molar-refractivity contribution is 9.10. The lowest BCUT2D eigenvalue weighted by Gasteiger charge is -2.24. The van der Waals surface area contributed by atoms with Gasteiger partial charge in [-0.05, 0) is 29.8 Å². The van der Waals surface area contributed by atoms with Gasteiger partial charge in [-0.25, -0.2) is 4.39 Å². The molecule has 2 N–H and O–H groups in total. The van der Waals surface area contributed by atoms with Crippen LogP contribution in [0.25, 0.3) is 5.76 Å². The second kappa shape index (κ2) is 7.39. The SMILES string of the molecule is O=C1C(=O)N(CCO)C(c2ccc(F)cc2)/C1=C(/O)c1ccc(Br)cc1. The standard InChI is InChI=1S/C19H15BrFNO4/c20-13-5-1-12(2-6-13)17(24)15-16(11-3-7-14(21)8-4-11)22(9-10-23)19(26)18(15)25/h1-8,16,23-24H,9-10H2/b17-15-. The van der Waals surface area contributed by atoms with E-state index in [-0.39, 0.29) is 24.5 Å². The van der Waals surface area contributed by atoms with Crippen LogP contribution in [0.1, 0.15) is 17.2 Å². The minimum Gasteiger partial charge on any atom is -0.507 e. The third kappa shape index (κ3) is 3.27. The minimum atomic E-state index is -0.897. The van der Waals surface area contributed by atoms with Gasteiger partial charge in [0.25, 0.3) is 11.7 Å². The molecule has 0 spiro atoms. The van der Waals surface area contributed by atoms with E-state index in [1.807, 2.05) is 0 Å². The molecule has 1 aliphatic rings. The molecule has 0 aliphatic carbocycles. The summed E-state index contributed by atoms with van der Waals surface area (Å²) in [5, 5.41) is 20.0. The summed E-state index contributed by atoms with van der Waals surface area (Å²) in [6.45, 7) is -0.424. The van der Waals surface area contributed by atoms with E-state index in [0.29, 0.717) is 11.1 Å². The number of nitrogens with zero attached hydrogens (tertiary/aromatic N) is 1. The number of halogens is 2. The summed E-state index contributed by atoms with van der Waals surface area (Å²) in [5.74, 6) is -2.42. The number of amides is 1. The molecule has 7 heteroatoms. The van der Waals surface area contributed by atoms with Crippen molar-refractivity contribution < 1.29 is 24.2 Å². The van der Waals surface area contributed by atoms with Gasteiger partial charge in [-0.2, -0.15) is 0 Å². The number of rotatable bonds is 4. The number of aliphatic hydroxyl groups excluding tert-OH is 2. The maximum absolute atomic E-state index is 13.3. The number of hydrogen-bond donors (Lipinski definition) is 2. The molecule has 3 rings (SSSR count). The maximum Gasteiger partial charge on any atom is 0.295 e. The molecule has 2 aromatic carbocycles. The molecule has 0 bridgehead atoms. The fourth-order valence-corrected chi connectivity index (χ4v) is 3.24. The highest BCUT2D eigenvalue weighted by Crippen LogP contribution is 2.39. The average Bonchev–Trinajstić information content (AvgIpc) is 2.88. The predicted octanol–water partition coefficient (Wildman–Crippen LogP) is 3.00. The van der Waals surface area contributed by atoms with E-state index in [2.05, 4.69) is 15.9 Å². The van der Waals surface area contributed by atoms with E-state index in [4.69, 9.17) is 0 Å². The van der Waals surface area contributed by atoms with Crippen LogP contribution in [0.4, 0.5) is 4.39 Å². The van der Waals surface area contributed by atoms with Gasteiger partial charge in [0.1, 0.15) is 11.6 Å². The largest absolute Gasteiger partial charge is 0.507 e. The van der Waals surface area contributed by atoms with Crippen LogP contribution < -0.4 is 0 Å². The van der Waals surface area contributed by atoms with Crippen molar-refractivity contribution in [1.29, 1.82) is 0 Å². The first-order valence-electron chi connectivity index (χ1n) is 7.84. The molecule has 1 unspecified atom stereocenters. The van der Waals surface area contributed by atoms with Gasteiger partial charge < -0.3 is 15.1 Å². The van der Waals surface area contributed by atoms with Crippen LogP contribution >= 0.6 is 15.9 Å². The van der Waals surface area contributed by atoms with Crippen molar-refractivity contribution in [2.45, 2.75) is 6.04 Å². The van der Waals surface area contributed by atoms with E-state index < -0.39 is 23.5 Å². The number of β-amino-alcohol motifs (C(OH)–C–C–N with tert-alkyl or cyclic N) is 1. The van der Waals surface area contributed by atoms with E-state index >= 15 is 0 Å². The molecule has 1 saturated heterocycles. The third-order valence-corrected chi connectivity index (χ3v) is 4.71. The van der Waals surface area contributed by atoms with Gasteiger partial charge in [-0.15, -0.1) is 0 Å². The number of likely N-dealkylation sites (tertiary alicyclic amines) is 1. The number of Topliss-reactive ketones (excluding diaryl/α,β-unsaturated/α-hetero) is 1. The summed E-state index contributed by atoms with van der Waals surface area (Å²) < 4.78 is 14.1. The average molecular weight is 420 g/mol. The quantitative estimate of drug-likeness (QED) is 0.453. The number of hydrogen-bond acceptors (Lipinski definition) is 4. The Morgan fingerprint density at radius 2 is 1.69 bits per heavy atom. The first-order chi connectivity index (χ1) is 12.4. The predicted molar refractivity (Wildman–Crippen MR) is 96.6 cm³/mol. The van der Waals surface area contributed by atoms with Crippen molar-refractivity contribution >= 4 is 33.4 Å². The van der Waals surface area contributed by atoms with Crippen LogP contribution in [0, 0.1) is 5.82 Å². The van der Waals surface area contributed by atoms with Gasteiger partial charge in [-0.3, -0.25) is 9.59 Å². The Morgan fingerprint density at radius 1 is 1.08 bits per heavy atom. The highest BCUT2D eigenvalue weighted by atomic mass is 79.9. The van der Waals surface area contributed by atoms with E-state index in [9.17, 15) is 24.2 Å². The van der Waals surface area contributed by atoms with Gasteiger partial charge in [-0.1, -0.05) is 40.2 Å². The van der Waals surface area contributed by atoms with Crippen molar-refractivity contribution in [3.8, 4) is 0 Å². The molecule has 2 aromatic rings. The Bertz CT molecular complexity index is 877. The number of carbonyl (C=O) groups excluding carboxylic acids is 2. The molecule has 1 heterocycles. The summed E-state index contributed by atoms with van der Waals surface area (Å²) in [6.07, 6.45) is 0. The molecule has 1 aliphatic heterocycles. The molecular weight excluding hydrogens is 405 g/mol. The molecule has 5 nitrogen and oxygen atoms in total. The zero-order valence-corrected chi connectivity index (χ0v) is 15.1. The monoisotopic (exact) mass is 419 g/mol. The first-order valence-corrected chi connectivity index (χ1v) is 8.64. The lowest BCUT2D eigenvalue weighted by atomic mass is 9.95.